The van der Waals surface area contributed by atoms with Gasteiger partial charge in [-0.1, -0.05) is 38.4 Å². The molecule has 0 aromatic heterocycles. The molecule has 1 heterocycles. The number of nitrogens with zero attached hydrogens (tertiary/aromatic N) is 1. The Kier molecular flexibility index (Phi) is 6.83. The Labute approximate surface area is 154 Å². The maximum absolute atomic E-state index is 14.5. The number of benzene rings is 1. The number of halogens is 2. The van der Waals surface area contributed by atoms with Gasteiger partial charge in [-0.2, -0.15) is 0 Å². The molecule has 2 atom stereocenters. The lowest BCUT2D eigenvalue weighted by molar-refractivity contribution is -0.123. The fraction of sp³-hybridized carbons (Fsp3) is 0.632. The fourth-order valence-corrected chi connectivity index (χ4v) is 3.41. The van der Waals surface area contributed by atoms with Crippen molar-refractivity contribution < 1.29 is 13.9 Å². The molecule has 1 aliphatic heterocycles. The average Bonchev–Trinajstić information content (AvgIpc) is 2.48. The van der Waals surface area contributed by atoms with Gasteiger partial charge in [0.1, 0.15) is 5.82 Å². The van der Waals surface area contributed by atoms with Crippen molar-refractivity contribution >= 4 is 17.5 Å². The minimum atomic E-state index is -0.346. The largest absolute Gasteiger partial charge is 0.376 e. The lowest BCUT2D eigenvalue weighted by atomic mass is 9.92. The molecule has 0 bridgehead atoms. The lowest BCUT2D eigenvalue weighted by Gasteiger charge is -2.38. The highest BCUT2D eigenvalue weighted by Gasteiger charge is 2.29. The number of hydrogen-bond acceptors (Lipinski definition) is 3. The third-order valence-electron chi connectivity index (χ3n) is 4.23. The third-order valence-corrected chi connectivity index (χ3v) is 4.56. The molecule has 0 radical (unpaired) electrons. The molecule has 2 unspecified atom stereocenters. The number of nitrogens with one attached hydrogen (secondary N) is 1. The van der Waals surface area contributed by atoms with Crippen molar-refractivity contribution in [2.75, 3.05) is 26.2 Å². The number of rotatable bonds is 5. The van der Waals surface area contributed by atoms with Crippen molar-refractivity contribution in [1.82, 2.24) is 10.2 Å². The monoisotopic (exact) mass is 370 g/mol. The second-order valence-electron chi connectivity index (χ2n) is 7.87. The molecule has 0 aliphatic carbocycles. The standard InChI is InChI=1S/C19H28ClFN2O2/c1-13-12-23(8-9-25-13)16(11-22-17(24)10-19(2,3)4)18-14(20)6-5-7-15(18)21/h5-7,13,16H,8-12H2,1-4H3,(H,22,24). The molecule has 1 fully saturated rings. The van der Waals surface area contributed by atoms with Gasteiger partial charge in [0.05, 0.1) is 18.8 Å². The molecular formula is C19H28ClFN2O2. The quantitative estimate of drug-likeness (QED) is 0.857. The van der Waals surface area contributed by atoms with Gasteiger partial charge in [0.2, 0.25) is 5.91 Å². The fourth-order valence-electron chi connectivity index (χ4n) is 3.13. The van der Waals surface area contributed by atoms with Gasteiger partial charge in [-0.15, -0.1) is 0 Å². The molecular weight excluding hydrogens is 343 g/mol. The van der Waals surface area contributed by atoms with Crippen LogP contribution in [-0.2, 0) is 9.53 Å². The van der Waals surface area contributed by atoms with E-state index in [1.54, 1.807) is 12.1 Å². The molecule has 140 valence electrons. The first kappa shape index (κ1) is 20.1. The van der Waals surface area contributed by atoms with E-state index in [4.69, 9.17) is 16.3 Å². The van der Waals surface area contributed by atoms with Crippen LogP contribution in [0.4, 0.5) is 4.39 Å². The van der Waals surface area contributed by atoms with Crippen LogP contribution in [0.25, 0.3) is 0 Å². The molecule has 0 saturated carbocycles. The lowest BCUT2D eigenvalue weighted by Crippen LogP contribution is -2.47. The molecule has 6 heteroatoms. The summed E-state index contributed by atoms with van der Waals surface area (Å²) in [5.41, 5.74) is 0.345. The van der Waals surface area contributed by atoms with Crippen LogP contribution in [-0.4, -0.2) is 43.2 Å². The van der Waals surface area contributed by atoms with E-state index in [9.17, 15) is 9.18 Å². The normalized spacial score (nSPS) is 20.3. The summed E-state index contributed by atoms with van der Waals surface area (Å²) >= 11 is 6.29. The smallest absolute Gasteiger partial charge is 0.220 e. The van der Waals surface area contributed by atoms with Gasteiger partial charge in [0, 0.05) is 36.6 Å². The summed E-state index contributed by atoms with van der Waals surface area (Å²) in [5.74, 6) is -0.381. The number of carbonyl (C=O) groups excluding carboxylic acids is 1. The molecule has 1 N–H and O–H groups in total. The van der Waals surface area contributed by atoms with Gasteiger partial charge < -0.3 is 10.1 Å². The summed E-state index contributed by atoms with van der Waals surface area (Å²) in [7, 11) is 0. The summed E-state index contributed by atoms with van der Waals surface area (Å²) < 4.78 is 20.1. The molecule has 1 aliphatic rings. The van der Waals surface area contributed by atoms with Crippen LogP contribution in [0.3, 0.4) is 0 Å². The van der Waals surface area contributed by atoms with Gasteiger partial charge in [-0.25, -0.2) is 4.39 Å². The van der Waals surface area contributed by atoms with Crippen LogP contribution < -0.4 is 5.32 Å². The third kappa shape index (κ3) is 5.94. The summed E-state index contributed by atoms with van der Waals surface area (Å²) in [6.07, 6.45) is 0.483. The van der Waals surface area contributed by atoms with Crippen molar-refractivity contribution in [3.63, 3.8) is 0 Å². The van der Waals surface area contributed by atoms with E-state index < -0.39 is 0 Å². The molecule has 4 nitrogen and oxygen atoms in total. The number of ether oxygens (including phenoxy) is 1. The predicted molar refractivity (Wildman–Crippen MR) is 98.2 cm³/mol. The number of carbonyl (C=O) groups is 1. The first-order valence-electron chi connectivity index (χ1n) is 8.73. The highest BCUT2D eigenvalue weighted by atomic mass is 35.5. The van der Waals surface area contributed by atoms with Gasteiger partial charge in [-0.05, 0) is 24.5 Å². The first-order valence-corrected chi connectivity index (χ1v) is 9.11. The van der Waals surface area contributed by atoms with Crippen molar-refractivity contribution in [2.45, 2.75) is 46.3 Å². The van der Waals surface area contributed by atoms with Crippen LogP contribution in [0.1, 0.15) is 45.7 Å². The topological polar surface area (TPSA) is 41.6 Å². The van der Waals surface area contributed by atoms with E-state index in [1.165, 1.54) is 6.07 Å². The van der Waals surface area contributed by atoms with Crippen LogP contribution in [0, 0.1) is 11.2 Å². The minimum Gasteiger partial charge on any atom is -0.376 e. The zero-order valence-corrected chi connectivity index (χ0v) is 16.2. The molecule has 0 spiro atoms. The summed E-state index contributed by atoms with van der Waals surface area (Å²) in [4.78, 5) is 14.4. The number of amides is 1. The van der Waals surface area contributed by atoms with Crippen molar-refractivity contribution in [3.05, 3.63) is 34.6 Å². The maximum Gasteiger partial charge on any atom is 0.220 e. The average molecular weight is 371 g/mol. The summed E-state index contributed by atoms with van der Waals surface area (Å²) in [5, 5.41) is 3.34. The summed E-state index contributed by atoms with van der Waals surface area (Å²) in [6, 6.07) is 4.38. The van der Waals surface area contributed by atoms with Gasteiger partial charge in [-0.3, -0.25) is 9.69 Å². The SMILES string of the molecule is CC1CN(C(CNC(=O)CC(C)(C)C)c2c(F)cccc2Cl)CCO1. The first-order chi connectivity index (χ1) is 11.7. The Balaban J connectivity index is 2.19. The van der Waals surface area contributed by atoms with E-state index >= 15 is 0 Å². The van der Waals surface area contributed by atoms with E-state index in [2.05, 4.69) is 10.2 Å². The van der Waals surface area contributed by atoms with E-state index in [1.807, 2.05) is 27.7 Å². The van der Waals surface area contributed by atoms with E-state index in [0.717, 1.165) is 0 Å². The second-order valence-corrected chi connectivity index (χ2v) is 8.28. The predicted octanol–water partition coefficient (Wildman–Crippen LogP) is 3.79. The minimum absolute atomic E-state index is 0.0359. The molecule has 1 amide bonds. The summed E-state index contributed by atoms with van der Waals surface area (Å²) in [6.45, 7) is 10.3. The molecule has 1 saturated heterocycles. The molecule has 25 heavy (non-hydrogen) atoms. The molecule has 1 aromatic carbocycles. The van der Waals surface area contributed by atoms with Gasteiger partial charge >= 0.3 is 0 Å². The Morgan fingerprint density at radius 2 is 2.20 bits per heavy atom. The van der Waals surface area contributed by atoms with Crippen molar-refractivity contribution in [2.24, 2.45) is 5.41 Å². The highest BCUT2D eigenvalue weighted by molar-refractivity contribution is 6.31. The zero-order valence-electron chi connectivity index (χ0n) is 15.4. The zero-order chi connectivity index (χ0) is 18.6. The van der Waals surface area contributed by atoms with Crippen LogP contribution in [0.2, 0.25) is 5.02 Å². The molecule has 1 aromatic rings. The highest BCUT2D eigenvalue weighted by Crippen LogP contribution is 2.31. The van der Waals surface area contributed by atoms with Crippen LogP contribution >= 0.6 is 11.6 Å². The van der Waals surface area contributed by atoms with Crippen molar-refractivity contribution in [3.8, 4) is 0 Å². The Hall–Kier alpha value is -1.17. The molecule has 2 rings (SSSR count). The van der Waals surface area contributed by atoms with Crippen molar-refractivity contribution in [1.29, 1.82) is 0 Å². The number of morpholine rings is 1. The maximum atomic E-state index is 14.5. The Morgan fingerprint density at radius 3 is 2.80 bits per heavy atom. The van der Waals surface area contributed by atoms with Crippen LogP contribution in [0.5, 0.6) is 0 Å². The van der Waals surface area contributed by atoms with Gasteiger partial charge in [0.15, 0.2) is 0 Å². The Morgan fingerprint density at radius 1 is 1.48 bits per heavy atom. The number of hydrogen-bond donors (Lipinski definition) is 1. The van der Waals surface area contributed by atoms with Gasteiger partial charge in [0.25, 0.3) is 0 Å². The second kappa shape index (κ2) is 8.47. The van der Waals surface area contributed by atoms with E-state index in [0.29, 0.717) is 43.2 Å². The van der Waals surface area contributed by atoms with Crippen LogP contribution in [0.15, 0.2) is 18.2 Å². The Bertz CT molecular complexity index is 583. The van der Waals surface area contributed by atoms with E-state index in [-0.39, 0.29) is 29.3 Å².